The van der Waals surface area contributed by atoms with Gasteiger partial charge in [-0.05, 0) is 43.5 Å². The number of hydrogen-bond acceptors (Lipinski definition) is 4. The van der Waals surface area contributed by atoms with Crippen molar-refractivity contribution in [3.05, 3.63) is 34.9 Å². The molecule has 0 spiro atoms. The van der Waals surface area contributed by atoms with Crippen molar-refractivity contribution < 1.29 is 19.5 Å². The molecule has 7 nitrogen and oxygen atoms in total. The fraction of sp³-hybridized carbons (Fsp3) is 0.526. The van der Waals surface area contributed by atoms with Crippen LogP contribution in [0.15, 0.2) is 24.3 Å². The lowest BCUT2D eigenvalue weighted by atomic mass is 9.95. The topological polar surface area (TPSA) is 108 Å². The number of amides is 2. The molecular weight excluding hydrogens is 370 g/mol. The van der Waals surface area contributed by atoms with E-state index >= 15 is 0 Å². The van der Waals surface area contributed by atoms with Crippen molar-refractivity contribution in [3.63, 3.8) is 0 Å². The number of rotatable bonds is 10. The van der Waals surface area contributed by atoms with Gasteiger partial charge in [0.15, 0.2) is 0 Å². The second-order valence-corrected chi connectivity index (χ2v) is 7.13. The van der Waals surface area contributed by atoms with Crippen LogP contribution in [0.5, 0.6) is 0 Å². The number of carbonyl (C=O) groups is 3. The first-order valence-corrected chi connectivity index (χ1v) is 9.58. The van der Waals surface area contributed by atoms with Crippen LogP contribution < -0.4 is 16.0 Å². The van der Waals surface area contributed by atoms with Gasteiger partial charge in [-0.1, -0.05) is 23.7 Å². The lowest BCUT2D eigenvalue weighted by molar-refractivity contribution is -0.137. The number of hydrogen-bond donors (Lipinski definition) is 4. The number of carbonyl (C=O) groups excluding carboxylic acids is 2. The number of carboxylic acid groups (broad SMARTS) is 1. The smallest absolute Gasteiger partial charge is 0.303 e. The summed E-state index contributed by atoms with van der Waals surface area (Å²) in [6.45, 7) is 1.51. The number of halogens is 1. The minimum atomic E-state index is -0.883. The maximum absolute atomic E-state index is 12.2. The summed E-state index contributed by atoms with van der Waals surface area (Å²) in [7, 11) is 0. The van der Waals surface area contributed by atoms with E-state index in [1.807, 2.05) is 12.1 Å². The van der Waals surface area contributed by atoms with Crippen molar-refractivity contribution in [1.29, 1.82) is 0 Å². The van der Waals surface area contributed by atoms with Crippen LogP contribution in [0.4, 0.5) is 0 Å². The molecule has 0 saturated carbocycles. The molecule has 2 atom stereocenters. The normalized spacial score (nSPS) is 17.3. The molecule has 4 N–H and O–H groups in total. The van der Waals surface area contributed by atoms with Crippen LogP contribution in [0.2, 0.25) is 5.02 Å². The van der Waals surface area contributed by atoms with Gasteiger partial charge >= 0.3 is 5.97 Å². The summed E-state index contributed by atoms with van der Waals surface area (Å²) in [5.74, 6) is -1.29. The Morgan fingerprint density at radius 3 is 2.59 bits per heavy atom. The average molecular weight is 396 g/mol. The van der Waals surface area contributed by atoms with Gasteiger partial charge in [-0.2, -0.15) is 0 Å². The third-order valence-corrected chi connectivity index (χ3v) is 4.81. The molecular formula is C19H26ClN3O4. The lowest BCUT2D eigenvalue weighted by Crippen LogP contribution is -2.42. The highest BCUT2D eigenvalue weighted by Crippen LogP contribution is 2.21. The summed E-state index contributed by atoms with van der Waals surface area (Å²) in [4.78, 5) is 35.0. The number of carboxylic acids is 1. The fourth-order valence-corrected chi connectivity index (χ4v) is 3.19. The van der Waals surface area contributed by atoms with Crippen molar-refractivity contribution in [2.24, 2.45) is 0 Å². The highest BCUT2D eigenvalue weighted by atomic mass is 35.5. The van der Waals surface area contributed by atoms with Gasteiger partial charge in [-0.15, -0.1) is 0 Å². The van der Waals surface area contributed by atoms with Crippen LogP contribution in [0, 0.1) is 0 Å². The van der Waals surface area contributed by atoms with Gasteiger partial charge in [-0.3, -0.25) is 14.4 Å². The van der Waals surface area contributed by atoms with Gasteiger partial charge < -0.3 is 21.1 Å². The number of aliphatic carboxylic acids is 1. The molecule has 1 aromatic carbocycles. The van der Waals surface area contributed by atoms with Gasteiger partial charge in [0.25, 0.3) is 0 Å². The van der Waals surface area contributed by atoms with Gasteiger partial charge in [0, 0.05) is 36.9 Å². The molecule has 1 fully saturated rings. The zero-order valence-electron chi connectivity index (χ0n) is 15.2. The molecule has 1 aliphatic rings. The largest absolute Gasteiger partial charge is 0.481 e. The molecule has 1 aromatic rings. The summed E-state index contributed by atoms with van der Waals surface area (Å²) in [5.41, 5.74) is 0.916. The van der Waals surface area contributed by atoms with E-state index in [9.17, 15) is 14.4 Å². The predicted molar refractivity (Wildman–Crippen MR) is 103 cm³/mol. The Bertz CT molecular complexity index is 645. The van der Waals surface area contributed by atoms with E-state index in [0.29, 0.717) is 24.5 Å². The second-order valence-electron chi connectivity index (χ2n) is 6.69. The quantitative estimate of drug-likeness (QED) is 0.451. The van der Waals surface area contributed by atoms with Gasteiger partial charge in [-0.25, -0.2) is 0 Å². The molecule has 1 saturated heterocycles. The molecule has 2 unspecified atom stereocenters. The molecule has 148 valence electrons. The third kappa shape index (κ3) is 7.56. The van der Waals surface area contributed by atoms with E-state index in [0.717, 1.165) is 24.9 Å². The first kappa shape index (κ1) is 21.2. The van der Waals surface area contributed by atoms with Crippen LogP contribution in [0.25, 0.3) is 0 Å². The number of nitrogens with one attached hydrogen (secondary N) is 3. The molecule has 8 heteroatoms. The monoisotopic (exact) mass is 395 g/mol. The van der Waals surface area contributed by atoms with Crippen molar-refractivity contribution in [3.8, 4) is 0 Å². The summed E-state index contributed by atoms with van der Waals surface area (Å²) in [6.07, 6.45) is 2.41. The Labute approximate surface area is 163 Å². The Balaban J connectivity index is 1.90. The van der Waals surface area contributed by atoms with E-state index in [1.165, 1.54) is 0 Å². The SMILES string of the molecule is O=C(O)CCCNC(=O)CC(CNC(=O)C1CCCN1)c1ccc(Cl)cc1. The standard InChI is InChI=1S/C19H26ClN3O4/c20-15-7-5-13(6-8-15)14(11-17(24)22-10-2-4-18(25)26)12-23-19(27)16-3-1-9-21-16/h5-8,14,16,21H,1-4,9-12H2,(H,22,24)(H,23,27)(H,25,26). The predicted octanol–water partition coefficient (Wildman–Crippen LogP) is 1.66. The molecule has 27 heavy (non-hydrogen) atoms. The van der Waals surface area contributed by atoms with Crippen molar-refractivity contribution in [1.82, 2.24) is 16.0 Å². The third-order valence-electron chi connectivity index (χ3n) is 4.56. The highest BCUT2D eigenvalue weighted by Gasteiger charge is 2.23. The van der Waals surface area contributed by atoms with Gasteiger partial charge in [0.05, 0.1) is 6.04 Å². The molecule has 2 amide bonds. The summed E-state index contributed by atoms with van der Waals surface area (Å²) in [6, 6.07) is 7.06. The Hall–Kier alpha value is -2.12. The van der Waals surface area contributed by atoms with Crippen LogP contribution in [-0.4, -0.2) is 48.6 Å². The second kappa shape index (κ2) is 10.9. The van der Waals surface area contributed by atoms with E-state index < -0.39 is 5.97 Å². The minimum Gasteiger partial charge on any atom is -0.481 e. The molecule has 0 bridgehead atoms. The molecule has 2 rings (SSSR count). The molecule has 1 heterocycles. The maximum atomic E-state index is 12.2. The molecule has 0 aliphatic carbocycles. The molecule has 0 radical (unpaired) electrons. The Kier molecular flexibility index (Phi) is 8.54. The van der Waals surface area contributed by atoms with Crippen LogP contribution in [0.1, 0.15) is 43.6 Å². The van der Waals surface area contributed by atoms with Crippen LogP contribution in [-0.2, 0) is 14.4 Å². The first-order chi connectivity index (χ1) is 13.0. The Morgan fingerprint density at radius 2 is 1.96 bits per heavy atom. The van der Waals surface area contributed by atoms with Crippen LogP contribution >= 0.6 is 11.6 Å². The zero-order chi connectivity index (χ0) is 19.6. The average Bonchev–Trinajstić information content (AvgIpc) is 3.17. The van der Waals surface area contributed by atoms with Gasteiger partial charge in [0.1, 0.15) is 0 Å². The van der Waals surface area contributed by atoms with Crippen molar-refractivity contribution in [2.45, 2.75) is 44.1 Å². The summed E-state index contributed by atoms with van der Waals surface area (Å²) >= 11 is 5.94. The van der Waals surface area contributed by atoms with E-state index in [4.69, 9.17) is 16.7 Å². The van der Waals surface area contributed by atoms with Crippen molar-refractivity contribution in [2.75, 3.05) is 19.6 Å². The molecule has 0 aromatic heterocycles. The summed E-state index contributed by atoms with van der Waals surface area (Å²) < 4.78 is 0. The van der Waals surface area contributed by atoms with Gasteiger partial charge in [0.2, 0.25) is 11.8 Å². The summed E-state index contributed by atoms with van der Waals surface area (Å²) in [5, 5.41) is 18.1. The van der Waals surface area contributed by atoms with Crippen molar-refractivity contribution >= 4 is 29.4 Å². The highest BCUT2D eigenvalue weighted by molar-refractivity contribution is 6.30. The van der Waals surface area contributed by atoms with E-state index in [-0.39, 0.29) is 36.6 Å². The van der Waals surface area contributed by atoms with E-state index in [1.54, 1.807) is 12.1 Å². The number of benzene rings is 1. The minimum absolute atomic E-state index is 0.0192. The fourth-order valence-electron chi connectivity index (χ4n) is 3.06. The maximum Gasteiger partial charge on any atom is 0.303 e. The zero-order valence-corrected chi connectivity index (χ0v) is 15.9. The van der Waals surface area contributed by atoms with E-state index in [2.05, 4.69) is 16.0 Å². The Morgan fingerprint density at radius 1 is 1.22 bits per heavy atom. The van der Waals surface area contributed by atoms with Crippen LogP contribution in [0.3, 0.4) is 0 Å². The molecule has 1 aliphatic heterocycles. The first-order valence-electron chi connectivity index (χ1n) is 9.20. The lowest BCUT2D eigenvalue weighted by Gasteiger charge is -2.19.